The Kier molecular flexibility index (Phi) is 4.94. The lowest BCUT2D eigenvalue weighted by Gasteiger charge is -2.43. The molecule has 1 saturated heterocycles. The fourth-order valence-electron chi connectivity index (χ4n) is 4.01. The fraction of sp³-hybridized carbons (Fsp3) is 0.647. The number of ether oxygens (including phenoxy) is 2. The van der Waals surface area contributed by atoms with E-state index in [0.717, 1.165) is 38.8 Å². The number of fused-ring (bicyclic) bond motifs is 1. The lowest BCUT2D eigenvalue weighted by atomic mass is 9.79. The molecule has 2 aliphatic rings. The molecule has 1 aromatic rings. The second-order valence-electron chi connectivity index (χ2n) is 6.47. The SMILES string of the molecule is CO[C@@]12CC[C@@H](OCC(=O)O)C[C@@H]1N(Cc1cccnc1)CC2. The Morgan fingerprint density at radius 2 is 2.39 bits per heavy atom. The normalized spacial score (nSPS) is 31.0. The molecule has 0 unspecified atom stereocenters. The largest absolute Gasteiger partial charge is 0.480 e. The van der Waals surface area contributed by atoms with Crippen molar-refractivity contribution in [3.8, 4) is 0 Å². The predicted octanol–water partition coefficient (Wildman–Crippen LogP) is 1.69. The molecule has 1 saturated carbocycles. The fourth-order valence-corrected chi connectivity index (χ4v) is 4.01. The third-order valence-corrected chi connectivity index (χ3v) is 5.20. The molecule has 2 fully saturated rings. The highest BCUT2D eigenvalue weighted by Gasteiger charge is 2.51. The molecule has 2 heterocycles. The molecule has 0 amide bonds. The average molecular weight is 320 g/mol. The smallest absolute Gasteiger partial charge is 0.329 e. The molecule has 0 bridgehead atoms. The van der Waals surface area contributed by atoms with Crippen molar-refractivity contribution in [3.63, 3.8) is 0 Å². The molecule has 1 aliphatic heterocycles. The number of pyridine rings is 1. The van der Waals surface area contributed by atoms with E-state index in [4.69, 9.17) is 14.6 Å². The molecule has 6 nitrogen and oxygen atoms in total. The molecule has 1 aromatic heterocycles. The number of carbonyl (C=O) groups is 1. The Labute approximate surface area is 136 Å². The van der Waals surface area contributed by atoms with Gasteiger partial charge in [-0.3, -0.25) is 9.88 Å². The van der Waals surface area contributed by atoms with E-state index in [-0.39, 0.29) is 24.4 Å². The van der Waals surface area contributed by atoms with Gasteiger partial charge in [-0.2, -0.15) is 0 Å². The van der Waals surface area contributed by atoms with Crippen molar-refractivity contribution in [2.45, 2.75) is 50.0 Å². The van der Waals surface area contributed by atoms with E-state index >= 15 is 0 Å². The molecule has 0 spiro atoms. The van der Waals surface area contributed by atoms with Crippen LogP contribution in [0.15, 0.2) is 24.5 Å². The number of rotatable bonds is 6. The summed E-state index contributed by atoms with van der Waals surface area (Å²) in [6.07, 6.45) is 7.29. The van der Waals surface area contributed by atoms with E-state index in [9.17, 15) is 4.79 Å². The van der Waals surface area contributed by atoms with Gasteiger partial charge in [0, 0.05) is 38.6 Å². The molecule has 23 heavy (non-hydrogen) atoms. The topological polar surface area (TPSA) is 71.9 Å². The van der Waals surface area contributed by atoms with Gasteiger partial charge in [-0.25, -0.2) is 4.79 Å². The van der Waals surface area contributed by atoms with Crippen LogP contribution in [0.25, 0.3) is 0 Å². The van der Waals surface area contributed by atoms with E-state index in [1.54, 1.807) is 13.3 Å². The van der Waals surface area contributed by atoms with Crippen molar-refractivity contribution in [1.29, 1.82) is 0 Å². The summed E-state index contributed by atoms with van der Waals surface area (Å²) in [5.74, 6) is -0.910. The van der Waals surface area contributed by atoms with E-state index < -0.39 is 5.97 Å². The van der Waals surface area contributed by atoms with E-state index in [1.807, 2.05) is 12.3 Å². The van der Waals surface area contributed by atoms with E-state index in [2.05, 4.69) is 16.0 Å². The molecule has 126 valence electrons. The Hall–Kier alpha value is -1.50. The maximum Gasteiger partial charge on any atom is 0.329 e. The van der Waals surface area contributed by atoms with Gasteiger partial charge < -0.3 is 14.6 Å². The summed E-state index contributed by atoms with van der Waals surface area (Å²) >= 11 is 0. The lowest BCUT2D eigenvalue weighted by Crippen LogP contribution is -2.51. The van der Waals surface area contributed by atoms with Crippen molar-refractivity contribution in [2.75, 3.05) is 20.3 Å². The Morgan fingerprint density at radius 3 is 3.09 bits per heavy atom. The zero-order chi connectivity index (χ0) is 16.3. The Morgan fingerprint density at radius 1 is 1.52 bits per heavy atom. The van der Waals surface area contributed by atoms with Gasteiger partial charge >= 0.3 is 5.97 Å². The summed E-state index contributed by atoms with van der Waals surface area (Å²) in [5.41, 5.74) is 1.07. The molecular weight excluding hydrogens is 296 g/mol. The molecule has 1 N–H and O–H groups in total. The number of carboxylic acid groups (broad SMARTS) is 1. The van der Waals surface area contributed by atoms with Crippen LogP contribution < -0.4 is 0 Å². The highest BCUT2D eigenvalue weighted by Crippen LogP contribution is 2.43. The third-order valence-electron chi connectivity index (χ3n) is 5.20. The predicted molar refractivity (Wildman–Crippen MR) is 84.0 cm³/mol. The average Bonchev–Trinajstić information content (AvgIpc) is 2.92. The molecule has 3 atom stereocenters. The Balaban J connectivity index is 1.69. The number of nitrogens with zero attached hydrogens (tertiary/aromatic N) is 2. The summed E-state index contributed by atoms with van der Waals surface area (Å²) in [7, 11) is 1.79. The maximum atomic E-state index is 10.7. The lowest BCUT2D eigenvalue weighted by molar-refractivity contribution is -0.148. The van der Waals surface area contributed by atoms with Crippen LogP contribution in [0.3, 0.4) is 0 Å². The molecule has 0 aromatic carbocycles. The first kappa shape index (κ1) is 16.4. The van der Waals surface area contributed by atoms with E-state index in [0.29, 0.717) is 0 Å². The highest BCUT2D eigenvalue weighted by atomic mass is 16.5. The minimum absolute atomic E-state index is 0.00567. The number of carboxylic acids is 1. The number of hydrogen-bond acceptors (Lipinski definition) is 5. The molecule has 1 aliphatic carbocycles. The summed E-state index contributed by atoms with van der Waals surface area (Å²) in [5, 5.41) is 8.81. The zero-order valence-corrected chi connectivity index (χ0v) is 13.5. The number of likely N-dealkylation sites (tertiary alicyclic amines) is 1. The standard InChI is InChI=1S/C17H24N2O4/c1-22-17-5-4-14(23-12-16(20)21)9-15(17)19(8-6-17)11-13-3-2-7-18-10-13/h2-3,7,10,14-15H,4-6,8-9,11-12H2,1H3,(H,20,21)/t14-,15+,17-/m1/s1. The van der Waals surface area contributed by atoms with Crippen molar-refractivity contribution in [3.05, 3.63) is 30.1 Å². The summed E-state index contributed by atoms with van der Waals surface area (Å²) in [4.78, 5) is 17.3. The van der Waals surface area contributed by atoms with Crippen LogP contribution >= 0.6 is 0 Å². The zero-order valence-electron chi connectivity index (χ0n) is 13.5. The first-order valence-corrected chi connectivity index (χ1v) is 8.14. The van der Waals surface area contributed by atoms with Gasteiger partial charge in [-0.1, -0.05) is 6.07 Å². The van der Waals surface area contributed by atoms with Crippen molar-refractivity contribution < 1.29 is 19.4 Å². The first-order chi connectivity index (χ1) is 11.1. The van der Waals surface area contributed by atoms with Gasteiger partial charge in [0.25, 0.3) is 0 Å². The maximum absolute atomic E-state index is 10.7. The highest BCUT2D eigenvalue weighted by molar-refractivity contribution is 5.68. The first-order valence-electron chi connectivity index (χ1n) is 8.14. The number of methoxy groups -OCH3 is 1. The minimum atomic E-state index is -0.910. The quantitative estimate of drug-likeness (QED) is 0.860. The van der Waals surface area contributed by atoms with E-state index in [1.165, 1.54) is 5.56 Å². The van der Waals surface area contributed by atoms with Gasteiger partial charge in [-0.15, -0.1) is 0 Å². The second kappa shape index (κ2) is 6.95. The van der Waals surface area contributed by atoms with Gasteiger partial charge in [0.1, 0.15) is 6.61 Å². The number of aliphatic carboxylic acids is 1. The molecule has 3 rings (SSSR count). The molecule has 0 radical (unpaired) electrons. The van der Waals surface area contributed by atoms with Crippen LogP contribution in [0.4, 0.5) is 0 Å². The van der Waals surface area contributed by atoms with Crippen molar-refractivity contribution >= 4 is 5.97 Å². The van der Waals surface area contributed by atoms with Gasteiger partial charge in [-0.05, 0) is 37.3 Å². The van der Waals surface area contributed by atoms with Crippen LogP contribution in [-0.4, -0.2) is 59.0 Å². The number of hydrogen-bond donors (Lipinski definition) is 1. The minimum Gasteiger partial charge on any atom is -0.480 e. The van der Waals surface area contributed by atoms with Crippen LogP contribution in [-0.2, 0) is 20.8 Å². The van der Waals surface area contributed by atoms with Crippen LogP contribution in [0.2, 0.25) is 0 Å². The molecular formula is C17H24N2O4. The van der Waals surface area contributed by atoms with Crippen molar-refractivity contribution in [1.82, 2.24) is 9.88 Å². The summed E-state index contributed by atoms with van der Waals surface area (Å²) < 4.78 is 11.5. The summed E-state index contributed by atoms with van der Waals surface area (Å²) in [6.45, 7) is 1.61. The molecule has 6 heteroatoms. The van der Waals surface area contributed by atoms with Crippen LogP contribution in [0.1, 0.15) is 31.2 Å². The summed E-state index contributed by atoms with van der Waals surface area (Å²) in [6, 6.07) is 4.30. The van der Waals surface area contributed by atoms with Crippen LogP contribution in [0.5, 0.6) is 0 Å². The van der Waals surface area contributed by atoms with Crippen molar-refractivity contribution in [2.24, 2.45) is 0 Å². The monoisotopic (exact) mass is 320 g/mol. The van der Waals surface area contributed by atoms with Gasteiger partial charge in [0.15, 0.2) is 0 Å². The number of aromatic nitrogens is 1. The van der Waals surface area contributed by atoms with Crippen LogP contribution in [0, 0.1) is 0 Å². The third kappa shape index (κ3) is 3.54. The Bertz CT molecular complexity index is 539. The van der Waals surface area contributed by atoms with Gasteiger partial charge in [0.2, 0.25) is 0 Å². The second-order valence-corrected chi connectivity index (χ2v) is 6.47. The van der Waals surface area contributed by atoms with Gasteiger partial charge in [0.05, 0.1) is 11.7 Å².